The minimum atomic E-state index is 0.148. The molecule has 15 heavy (non-hydrogen) atoms. The van der Waals surface area contributed by atoms with E-state index in [1.807, 2.05) is 20.9 Å². The zero-order valence-electron chi connectivity index (χ0n) is 10.5. The third-order valence-electron chi connectivity index (χ3n) is 2.49. The molecule has 0 aliphatic carbocycles. The minimum Gasteiger partial charge on any atom is -0.377 e. The van der Waals surface area contributed by atoms with Crippen LogP contribution < -0.4 is 5.32 Å². The highest BCUT2D eigenvalue weighted by molar-refractivity contribution is 4.98. The number of methoxy groups -OCH3 is 2. The van der Waals surface area contributed by atoms with Gasteiger partial charge in [0.15, 0.2) is 0 Å². The third-order valence-corrected chi connectivity index (χ3v) is 2.49. The second kappa shape index (κ2) is 7.54. The smallest absolute Gasteiger partial charge is 0.102 e. The van der Waals surface area contributed by atoms with Crippen LogP contribution in [0.15, 0.2) is 12.4 Å². The maximum Gasteiger partial charge on any atom is 0.102 e. The fourth-order valence-corrected chi connectivity index (χ4v) is 1.58. The molecule has 0 aromatic heterocycles. The van der Waals surface area contributed by atoms with Crippen molar-refractivity contribution in [2.75, 3.05) is 34.4 Å². The van der Waals surface area contributed by atoms with Crippen molar-refractivity contribution in [3.05, 3.63) is 12.4 Å². The Morgan fingerprint density at radius 2 is 1.60 bits per heavy atom. The molecule has 0 aromatic rings. The number of hydrogen-bond acceptors (Lipinski definition) is 4. The van der Waals surface area contributed by atoms with E-state index in [4.69, 9.17) is 9.47 Å². The van der Waals surface area contributed by atoms with Crippen molar-refractivity contribution in [2.45, 2.75) is 26.1 Å². The lowest BCUT2D eigenvalue weighted by atomic mass is 10.3. The molecule has 1 N–H and O–H groups in total. The summed E-state index contributed by atoms with van der Waals surface area (Å²) < 4.78 is 10.6. The van der Waals surface area contributed by atoms with Crippen molar-refractivity contribution in [3.8, 4) is 0 Å². The van der Waals surface area contributed by atoms with Gasteiger partial charge in [0.1, 0.15) is 12.2 Å². The molecule has 0 bridgehead atoms. The molecule has 2 unspecified atom stereocenters. The molecule has 0 amide bonds. The fraction of sp³-hybridized carbons (Fsp3) is 0.818. The predicted molar refractivity (Wildman–Crippen MR) is 62.7 cm³/mol. The normalized spacial score (nSPS) is 24.5. The van der Waals surface area contributed by atoms with Gasteiger partial charge in [0.2, 0.25) is 0 Å². The Labute approximate surface area is 93.2 Å². The van der Waals surface area contributed by atoms with Gasteiger partial charge in [0.05, 0.1) is 5.82 Å². The molecule has 4 nitrogen and oxygen atoms in total. The molecule has 0 spiro atoms. The summed E-state index contributed by atoms with van der Waals surface area (Å²) in [4.78, 5) is 2.13. The molecule has 1 rings (SSSR count). The van der Waals surface area contributed by atoms with Crippen LogP contribution in [0.5, 0.6) is 0 Å². The largest absolute Gasteiger partial charge is 0.377 e. The number of ether oxygens (including phenoxy) is 2. The van der Waals surface area contributed by atoms with Crippen molar-refractivity contribution in [3.63, 3.8) is 0 Å². The number of nitrogens with one attached hydrogen (secondary N) is 1. The molecule has 0 aromatic carbocycles. The van der Waals surface area contributed by atoms with Crippen LogP contribution in [0, 0.1) is 0 Å². The molecule has 1 aliphatic rings. The Morgan fingerprint density at radius 1 is 1.20 bits per heavy atom. The van der Waals surface area contributed by atoms with E-state index in [1.165, 1.54) is 0 Å². The molecule has 0 radical (unpaired) electrons. The number of likely N-dealkylation sites (tertiary alicyclic amines) is 1. The Morgan fingerprint density at radius 3 is 1.87 bits per heavy atom. The van der Waals surface area contributed by atoms with Crippen LogP contribution in [0.25, 0.3) is 0 Å². The number of hydrogen-bond donors (Lipinski definition) is 1. The Balaban J connectivity index is 0.000000921. The maximum absolute atomic E-state index is 5.30. The van der Waals surface area contributed by atoms with E-state index in [0.717, 1.165) is 18.9 Å². The average Bonchev–Trinajstić information content (AvgIpc) is 2.73. The van der Waals surface area contributed by atoms with E-state index >= 15 is 0 Å². The molecule has 4 heteroatoms. The monoisotopic (exact) mass is 216 g/mol. The molecule has 1 fully saturated rings. The molecule has 1 aliphatic heterocycles. The van der Waals surface area contributed by atoms with Gasteiger partial charge < -0.3 is 19.7 Å². The number of rotatable bonds is 4. The summed E-state index contributed by atoms with van der Waals surface area (Å²) in [6, 6.07) is 0. The molecular formula is C11H24N2O2. The van der Waals surface area contributed by atoms with Crippen molar-refractivity contribution in [2.24, 2.45) is 0 Å². The Kier molecular flexibility index (Phi) is 7.17. The minimum absolute atomic E-state index is 0.148. The second-order valence-electron chi connectivity index (χ2n) is 3.15. The van der Waals surface area contributed by atoms with Gasteiger partial charge in [-0.15, -0.1) is 0 Å². The van der Waals surface area contributed by atoms with Gasteiger partial charge in [-0.05, 0) is 0 Å². The van der Waals surface area contributed by atoms with Gasteiger partial charge in [0.25, 0.3) is 0 Å². The van der Waals surface area contributed by atoms with Crippen LogP contribution in [0.2, 0.25) is 0 Å². The fourth-order valence-electron chi connectivity index (χ4n) is 1.58. The zero-order chi connectivity index (χ0) is 11.8. The van der Waals surface area contributed by atoms with E-state index < -0.39 is 0 Å². The first-order valence-corrected chi connectivity index (χ1v) is 5.40. The van der Waals surface area contributed by atoms with E-state index in [0.29, 0.717) is 0 Å². The summed E-state index contributed by atoms with van der Waals surface area (Å²) in [5.41, 5.74) is 0. The van der Waals surface area contributed by atoms with Gasteiger partial charge in [-0.2, -0.15) is 0 Å². The summed E-state index contributed by atoms with van der Waals surface area (Å²) in [5, 5.41) is 3.02. The molecule has 1 heterocycles. The van der Waals surface area contributed by atoms with E-state index in [1.54, 1.807) is 14.2 Å². The standard InChI is InChI=1S/C9H18N2O2.C2H6/c1-7(10-2)11-5-8(12-3)9(6-11)13-4;1-2/h8-10H,1,5-6H2,2-4H3;1-2H3. The first-order valence-electron chi connectivity index (χ1n) is 5.40. The van der Waals surface area contributed by atoms with Gasteiger partial charge in [0, 0.05) is 34.4 Å². The van der Waals surface area contributed by atoms with Crippen LogP contribution in [0.1, 0.15) is 13.8 Å². The lowest BCUT2D eigenvalue weighted by molar-refractivity contribution is -0.00461. The van der Waals surface area contributed by atoms with E-state index in [2.05, 4.69) is 16.8 Å². The van der Waals surface area contributed by atoms with Gasteiger partial charge in [-0.1, -0.05) is 20.4 Å². The Hall–Kier alpha value is -0.740. The van der Waals surface area contributed by atoms with Crippen LogP contribution >= 0.6 is 0 Å². The van der Waals surface area contributed by atoms with E-state index in [-0.39, 0.29) is 12.2 Å². The average molecular weight is 216 g/mol. The predicted octanol–water partition coefficient (Wildman–Crippen LogP) is 1.05. The van der Waals surface area contributed by atoms with Crippen LogP contribution in [0.4, 0.5) is 0 Å². The lowest BCUT2D eigenvalue weighted by Crippen LogP contribution is -2.28. The second-order valence-corrected chi connectivity index (χ2v) is 3.15. The summed E-state index contributed by atoms with van der Waals surface area (Å²) >= 11 is 0. The van der Waals surface area contributed by atoms with Crippen LogP contribution in [-0.2, 0) is 9.47 Å². The molecule has 1 saturated heterocycles. The van der Waals surface area contributed by atoms with Crippen molar-refractivity contribution in [1.82, 2.24) is 10.2 Å². The van der Waals surface area contributed by atoms with Crippen LogP contribution in [0.3, 0.4) is 0 Å². The molecule has 90 valence electrons. The van der Waals surface area contributed by atoms with Crippen molar-refractivity contribution < 1.29 is 9.47 Å². The summed E-state index contributed by atoms with van der Waals surface area (Å²) in [6.45, 7) is 9.58. The summed E-state index contributed by atoms with van der Waals surface area (Å²) in [5.74, 6) is 0.918. The van der Waals surface area contributed by atoms with Gasteiger partial charge >= 0.3 is 0 Å². The topological polar surface area (TPSA) is 33.7 Å². The molecular weight excluding hydrogens is 192 g/mol. The first-order chi connectivity index (χ1) is 7.22. The Bertz CT molecular complexity index is 173. The van der Waals surface area contributed by atoms with Gasteiger partial charge in [-0.25, -0.2) is 0 Å². The molecule has 2 atom stereocenters. The van der Waals surface area contributed by atoms with Crippen molar-refractivity contribution >= 4 is 0 Å². The lowest BCUT2D eigenvalue weighted by Gasteiger charge is -2.19. The van der Waals surface area contributed by atoms with E-state index in [9.17, 15) is 0 Å². The van der Waals surface area contributed by atoms with Crippen molar-refractivity contribution in [1.29, 1.82) is 0 Å². The quantitative estimate of drug-likeness (QED) is 0.761. The van der Waals surface area contributed by atoms with Crippen LogP contribution in [-0.4, -0.2) is 51.5 Å². The zero-order valence-corrected chi connectivity index (χ0v) is 10.5. The summed E-state index contributed by atoms with van der Waals surface area (Å²) in [7, 11) is 5.29. The number of nitrogens with zero attached hydrogens (tertiary/aromatic N) is 1. The maximum atomic E-state index is 5.30. The third kappa shape index (κ3) is 3.72. The summed E-state index contributed by atoms with van der Waals surface area (Å²) in [6.07, 6.45) is 0.296. The highest BCUT2D eigenvalue weighted by atomic mass is 16.5. The molecule has 0 saturated carbocycles. The highest BCUT2D eigenvalue weighted by Crippen LogP contribution is 2.17. The SMILES string of the molecule is C=C(NC)N1CC(OC)C(OC)C1.CC. The van der Waals surface area contributed by atoms with Gasteiger partial charge in [-0.3, -0.25) is 0 Å². The first kappa shape index (κ1) is 14.3. The highest BCUT2D eigenvalue weighted by Gasteiger charge is 2.33.